The molecule has 0 saturated heterocycles. The number of amides is 1. The molecule has 0 aliphatic rings. The molecule has 1 N–H and O–H groups in total. The molecule has 6 heteroatoms. The lowest BCUT2D eigenvalue weighted by Gasteiger charge is -2.19. The molecule has 1 amide bonds. The van der Waals surface area contributed by atoms with E-state index in [2.05, 4.69) is 4.98 Å². The summed E-state index contributed by atoms with van der Waals surface area (Å²) in [6.07, 6.45) is 2.82. The molecule has 1 aromatic rings. The molecular formula is C11H13FN2O3. The number of hydrogen-bond donors (Lipinski definition) is 1. The number of halogens is 1. The van der Waals surface area contributed by atoms with Crippen LogP contribution in [0.3, 0.4) is 0 Å². The number of carbonyl (C=O) groups is 2. The minimum Gasteiger partial charge on any atom is -0.480 e. The Bertz CT molecular complexity index is 423. The van der Waals surface area contributed by atoms with Gasteiger partial charge < -0.3 is 10.0 Å². The fourth-order valence-corrected chi connectivity index (χ4v) is 1.40. The van der Waals surface area contributed by atoms with Crippen molar-refractivity contribution in [2.45, 2.75) is 13.3 Å². The summed E-state index contributed by atoms with van der Waals surface area (Å²) in [4.78, 5) is 27.1. The Hall–Kier alpha value is -1.98. The molecule has 0 aromatic carbocycles. The van der Waals surface area contributed by atoms with Crippen LogP contribution in [-0.4, -0.2) is 40.0 Å². The first kappa shape index (κ1) is 13.1. The lowest BCUT2D eigenvalue weighted by molar-refractivity contribution is -0.137. The van der Waals surface area contributed by atoms with Crippen LogP contribution >= 0.6 is 0 Å². The van der Waals surface area contributed by atoms with E-state index in [0.29, 0.717) is 6.42 Å². The predicted molar refractivity (Wildman–Crippen MR) is 58.0 cm³/mol. The van der Waals surface area contributed by atoms with E-state index in [-0.39, 0.29) is 12.1 Å². The van der Waals surface area contributed by atoms with Crippen molar-refractivity contribution in [1.29, 1.82) is 0 Å². The quantitative estimate of drug-likeness (QED) is 0.838. The van der Waals surface area contributed by atoms with Crippen molar-refractivity contribution < 1.29 is 19.1 Å². The first-order valence-corrected chi connectivity index (χ1v) is 5.16. The molecule has 5 nitrogen and oxygen atoms in total. The van der Waals surface area contributed by atoms with Crippen LogP contribution < -0.4 is 0 Å². The van der Waals surface area contributed by atoms with E-state index < -0.39 is 24.2 Å². The molecule has 0 saturated carbocycles. The standard InChI is InChI=1S/C11H13FN2O3/c1-2-5-14(7-10(15)16)11(17)8-3-4-13-6-9(8)12/h3-4,6H,2,5,7H2,1H3,(H,15,16). The number of aromatic nitrogens is 1. The summed E-state index contributed by atoms with van der Waals surface area (Å²) in [7, 11) is 0. The van der Waals surface area contributed by atoms with E-state index in [1.54, 1.807) is 0 Å². The first-order valence-electron chi connectivity index (χ1n) is 5.16. The lowest BCUT2D eigenvalue weighted by atomic mass is 10.2. The van der Waals surface area contributed by atoms with E-state index in [1.807, 2.05) is 6.92 Å². The highest BCUT2D eigenvalue weighted by atomic mass is 19.1. The molecule has 1 rings (SSSR count). The maximum absolute atomic E-state index is 13.3. The van der Waals surface area contributed by atoms with Crippen molar-refractivity contribution in [1.82, 2.24) is 9.88 Å². The number of carbonyl (C=O) groups excluding carboxylic acids is 1. The van der Waals surface area contributed by atoms with Crippen LogP contribution in [-0.2, 0) is 4.79 Å². The smallest absolute Gasteiger partial charge is 0.323 e. The number of rotatable bonds is 5. The monoisotopic (exact) mass is 240 g/mol. The summed E-state index contributed by atoms with van der Waals surface area (Å²) >= 11 is 0. The van der Waals surface area contributed by atoms with Crippen LogP contribution in [0.4, 0.5) is 4.39 Å². The van der Waals surface area contributed by atoms with Gasteiger partial charge in [-0.1, -0.05) is 6.92 Å². The lowest BCUT2D eigenvalue weighted by Crippen LogP contribution is -2.36. The van der Waals surface area contributed by atoms with Crippen LogP contribution in [0.2, 0.25) is 0 Å². The van der Waals surface area contributed by atoms with Gasteiger partial charge in [-0.3, -0.25) is 14.6 Å². The Morgan fingerprint density at radius 1 is 1.53 bits per heavy atom. The van der Waals surface area contributed by atoms with Gasteiger partial charge in [0.1, 0.15) is 6.54 Å². The van der Waals surface area contributed by atoms with Crippen LogP contribution in [0.5, 0.6) is 0 Å². The number of carboxylic acid groups (broad SMARTS) is 1. The fourth-order valence-electron chi connectivity index (χ4n) is 1.40. The third-order valence-corrected chi connectivity index (χ3v) is 2.11. The fraction of sp³-hybridized carbons (Fsp3) is 0.364. The number of carboxylic acids is 1. The summed E-state index contributed by atoms with van der Waals surface area (Å²) < 4.78 is 13.3. The van der Waals surface area contributed by atoms with Gasteiger partial charge in [-0.25, -0.2) is 4.39 Å². The molecule has 0 bridgehead atoms. The summed E-state index contributed by atoms with van der Waals surface area (Å²) in [5, 5.41) is 8.68. The van der Waals surface area contributed by atoms with Crippen LogP contribution in [0.15, 0.2) is 18.5 Å². The van der Waals surface area contributed by atoms with Gasteiger partial charge in [0.05, 0.1) is 11.8 Å². The second-order valence-corrected chi connectivity index (χ2v) is 3.48. The molecule has 1 heterocycles. The molecule has 1 aromatic heterocycles. The van der Waals surface area contributed by atoms with Crippen molar-refractivity contribution in [3.63, 3.8) is 0 Å². The molecule has 0 radical (unpaired) electrons. The molecule has 0 spiro atoms. The molecule has 17 heavy (non-hydrogen) atoms. The average Bonchev–Trinajstić information content (AvgIpc) is 2.28. The zero-order valence-corrected chi connectivity index (χ0v) is 9.39. The Morgan fingerprint density at radius 2 is 2.24 bits per heavy atom. The summed E-state index contributed by atoms with van der Waals surface area (Å²) in [6, 6.07) is 1.24. The molecule has 0 aliphatic carbocycles. The second-order valence-electron chi connectivity index (χ2n) is 3.48. The van der Waals surface area contributed by atoms with E-state index in [4.69, 9.17) is 5.11 Å². The van der Waals surface area contributed by atoms with Gasteiger partial charge in [0.25, 0.3) is 5.91 Å². The average molecular weight is 240 g/mol. The Balaban J connectivity index is 2.91. The predicted octanol–water partition coefficient (Wildman–Crippen LogP) is 1.16. The third-order valence-electron chi connectivity index (χ3n) is 2.11. The maximum atomic E-state index is 13.3. The highest BCUT2D eigenvalue weighted by Gasteiger charge is 2.20. The number of hydrogen-bond acceptors (Lipinski definition) is 3. The van der Waals surface area contributed by atoms with Gasteiger partial charge in [0.15, 0.2) is 5.82 Å². The molecular weight excluding hydrogens is 227 g/mol. The van der Waals surface area contributed by atoms with Gasteiger partial charge >= 0.3 is 5.97 Å². The van der Waals surface area contributed by atoms with E-state index in [1.165, 1.54) is 12.3 Å². The highest BCUT2D eigenvalue weighted by molar-refractivity contribution is 5.95. The molecule has 0 aliphatic heterocycles. The summed E-state index contributed by atoms with van der Waals surface area (Å²) in [5.74, 6) is -2.50. The Morgan fingerprint density at radius 3 is 2.76 bits per heavy atom. The van der Waals surface area contributed by atoms with Crippen LogP contribution in [0, 0.1) is 5.82 Å². The van der Waals surface area contributed by atoms with Crippen LogP contribution in [0.1, 0.15) is 23.7 Å². The van der Waals surface area contributed by atoms with Gasteiger partial charge in [-0.05, 0) is 12.5 Å². The zero-order chi connectivity index (χ0) is 12.8. The van der Waals surface area contributed by atoms with E-state index >= 15 is 0 Å². The minimum absolute atomic E-state index is 0.158. The van der Waals surface area contributed by atoms with Gasteiger partial charge in [0, 0.05) is 12.7 Å². The Kier molecular flexibility index (Phi) is 4.56. The van der Waals surface area contributed by atoms with Crippen molar-refractivity contribution in [2.75, 3.05) is 13.1 Å². The molecule has 0 atom stereocenters. The van der Waals surface area contributed by atoms with Gasteiger partial charge in [0.2, 0.25) is 0 Å². The summed E-state index contributed by atoms with van der Waals surface area (Å²) in [5.41, 5.74) is -0.158. The van der Waals surface area contributed by atoms with Crippen molar-refractivity contribution >= 4 is 11.9 Å². The van der Waals surface area contributed by atoms with Crippen molar-refractivity contribution in [2.24, 2.45) is 0 Å². The van der Waals surface area contributed by atoms with Gasteiger partial charge in [-0.2, -0.15) is 0 Å². The third kappa shape index (κ3) is 3.51. The topological polar surface area (TPSA) is 70.5 Å². The zero-order valence-electron chi connectivity index (χ0n) is 9.39. The first-order chi connectivity index (χ1) is 8.06. The number of pyridine rings is 1. The Labute approximate surface area is 97.9 Å². The highest BCUT2D eigenvalue weighted by Crippen LogP contribution is 2.09. The molecule has 0 fully saturated rings. The maximum Gasteiger partial charge on any atom is 0.323 e. The minimum atomic E-state index is -1.12. The second kappa shape index (κ2) is 5.93. The SMILES string of the molecule is CCCN(CC(=O)O)C(=O)c1ccncc1F. The molecule has 92 valence electrons. The number of nitrogens with zero attached hydrogens (tertiary/aromatic N) is 2. The van der Waals surface area contributed by atoms with E-state index in [9.17, 15) is 14.0 Å². The van der Waals surface area contributed by atoms with Gasteiger partial charge in [-0.15, -0.1) is 0 Å². The summed E-state index contributed by atoms with van der Waals surface area (Å²) in [6.45, 7) is 1.65. The van der Waals surface area contributed by atoms with Crippen molar-refractivity contribution in [3.8, 4) is 0 Å². The van der Waals surface area contributed by atoms with Crippen molar-refractivity contribution in [3.05, 3.63) is 29.8 Å². The van der Waals surface area contributed by atoms with Crippen LogP contribution in [0.25, 0.3) is 0 Å². The normalized spacial score (nSPS) is 10.0. The molecule has 0 unspecified atom stereocenters. The largest absolute Gasteiger partial charge is 0.480 e. The number of aliphatic carboxylic acids is 1. The van der Waals surface area contributed by atoms with E-state index in [0.717, 1.165) is 11.1 Å².